The fraction of sp³-hybridized carbons (Fsp3) is 0.562. The predicted octanol–water partition coefficient (Wildman–Crippen LogP) is 4.01. The standard InChI is InChI=1S/C16H23NO/c1-2-17(15-10-4-3-5-11-15)16(18)13-12-14-8-6-7-9-14/h3-5,10-11,14H,2,6-9,12-13H2,1H3. The number of amides is 1. The highest BCUT2D eigenvalue weighted by molar-refractivity contribution is 5.93. The minimum Gasteiger partial charge on any atom is -0.313 e. The molecule has 0 unspecified atom stereocenters. The molecule has 0 aromatic heterocycles. The minimum absolute atomic E-state index is 0.274. The smallest absolute Gasteiger partial charge is 0.226 e. The van der Waals surface area contributed by atoms with Gasteiger partial charge in [-0.25, -0.2) is 0 Å². The summed E-state index contributed by atoms with van der Waals surface area (Å²) in [5.41, 5.74) is 1.02. The molecule has 0 bridgehead atoms. The van der Waals surface area contributed by atoms with E-state index < -0.39 is 0 Å². The molecule has 1 aliphatic carbocycles. The summed E-state index contributed by atoms with van der Waals surface area (Å²) in [6.07, 6.45) is 7.13. The molecule has 98 valence electrons. The number of nitrogens with zero attached hydrogens (tertiary/aromatic N) is 1. The molecule has 1 fully saturated rings. The Hall–Kier alpha value is -1.31. The summed E-state index contributed by atoms with van der Waals surface area (Å²) in [4.78, 5) is 14.2. The van der Waals surface area contributed by atoms with Crippen molar-refractivity contribution in [3.63, 3.8) is 0 Å². The van der Waals surface area contributed by atoms with Gasteiger partial charge in [0.1, 0.15) is 0 Å². The maximum absolute atomic E-state index is 12.3. The topological polar surface area (TPSA) is 20.3 Å². The quantitative estimate of drug-likeness (QED) is 0.767. The molecule has 0 heterocycles. The van der Waals surface area contributed by atoms with Gasteiger partial charge in [-0.05, 0) is 31.4 Å². The molecule has 0 N–H and O–H groups in total. The first-order valence-electron chi connectivity index (χ1n) is 7.16. The Morgan fingerprint density at radius 2 is 1.89 bits per heavy atom. The SMILES string of the molecule is CCN(C(=O)CCC1CCCC1)c1ccccc1. The normalized spacial score (nSPS) is 15.8. The lowest BCUT2D eigenvalue weighted by Crippen LogP contribution is -2.30. The number of benzene rings is 1. The highest BCUT2D eigenvalue weighted by Gasteiger charge is 2.19. The maximum atomic E-state index is 12.3. The van der Waals surface area contributed by atoms with Gasteiger partial charge in [-0.2, -0.15) is 0 Å². The summed E-state index contributed by atoms with van der Waals surface area (Å²) in [5, 5.41) is 0. The highest BCUT2D eigenvalue weighted by Crippen LogP contribution is 2.29. The lowest BCUT2D eigenvalue weighted by Gasteiger charge is -2.21. The molecule has 18 heavy (non-hydrogen) atoms. The van der Waals surface area contributed by atoms with Crippen LogP contribution in [0.25, 0.3) is 0 Å². The summed E-state index contributed by atoms with van der Waals surface area (Å²) < 4.78 is 0. The van der Waals surface area contributed by atoms with Gasteiger partial charge in [0.15, 0.2) is 0 Å². The van der Waals surface area contributed by atoms with E-state index in [0.717, 1.165) is 24.6 Å². The fourth-order valence-corrected chi connectivity index (χ4v) is 2.87. The molecule has 2 heteroatoms. The second kappa shape index (κ2) is 6.58. The zero-order valence-electron chi connectivity index (χ0n) is 11.3. The van der Waals surface area contributed by atoms with Crippen molar-refractivity contribution in [1.82, 2.24) is 0 Å². The Labute approximate surface area is 110 Å². The molecule has 1 aromatic rings. The third-order valence-corrected chi connectivity index (χ3v) is 3.93. The number of carbonyl (C=O) groups excluding carboxylic acids is 1. The number of hydrogen-bond donors (Lipinski definition) is 0. The largest absolute Gasteiger partial charge is 0.313 e. The zero-order valence-corrected chi connectivity index (χ0v) is 11.3. The van der Waals surface area contributed by atoms with E-state index in [0.29, 0.717) is 6.42 Å². The van der Waals surface area contributed by atoms with Crippen molar-refractivity contribution in [2.24, 2.45) is 5.92 Å². The second-order valence-corrected chi connectivity index (χ2v) is 5.16. The van der Waals surface area contributed by atoms with Gasteiger partial charge in [-0.1, -0.05) is 43.9 Å². The van der Waals surface area contributed by atoms with E-state index in [1.54, 1.807) is 0 Å². The Morgan fingerprint density at radius 1 is 1.22 bits per heavy atom. The first kappa shape index (κ1) is 13.1. The van der Waals surface area contributed by atoms with E-state index in [1.807, 2.05) is 42.2 Å². The van der Waals surface area contributed by atoms with Crippen molar-refractivity contribution >= 4 is 11.6 Å². The van der Waals surface area contributed by atoms with Crippen LogP contribution < -0.4 is 4.90 Å². The third-order valence-electron chi connectivity index (χ3n) is 3.93. The van der Waals surface area contributed by atoms with Gasteiger partial charge in [-0.15, -0.1) is 0 Å². The third kappa shape index (κ3) is 3.34. The van der Waals surface area contributed by atoms with Crippen molar-refractivity contribution in [2.75, 3.05) is 11.4 Å². The van der Waals surface area contributed by atoms with Crippen LogP contribution in [0.3, 0.4) is 0 Å². The Kier molecular flexibility index (Phi) is 4.80. The summed E-state index contributed by atoms with van der Waals surface area (Å²) >= 11 is 0. The first-order valence-corrected chi connectivity index (χ1v) is 7.16. The van der Waals surface area contributed by atoms with Crippen molar-refractivity contribution in [3.8, 4) is 0 Å². The number of carbonyl (C=O) groups is 1. The van der Waals surface area contributed by atoms with E-state index in [1.165, 1.54) is 25.7 Å². The lowest BCUT2D eigenvalue weighted by atomic mass is 10.0. The summed E-state index contributed by atoms with van der Waals surface area (Å²) in [7, 11) is 0. The molecule has 2 rings (SSSR count). The molecular formula is C16H23NO. The number of para-hydroxylation sites is 1. The van der Waals surface area contributed by atoms with Crippen LogP contribution in [0.4, 0.5) is 5.69 Å². The molecule has 0 aliphatic heterocycles. The maximum Gasteiger partial charge on any atom is 0.226 e. The van der Waals surface area contributed by atoms with Crippen LogP contribution in [-0.2, 0) is 4.79 Å². The van der Waals surface area contributed by atoms with Gasteiger partial charge in [0, 0.05) is 18.7 Å². The second-order valence-electron chi connectivity index (χ2n) is 5.16. The van der Waals surface area contributed by atoms with E-state index in [9.17, 15) is 4.79 Å². The van der Waals surface area contributed by atoms with Crippen molar-refractivity contribution in [3.05, 3.63) is 30.3 Å². The molecule has 0 radical (unpaired) electrons. The van der Waals surface area contributed by atoms with Crippen LogP contribution >= 0.6 is 0 Å². The molecule has 0 atom stereocenters. The summed E-state index contributed by atoms with van der Waals surface area (Å²) in [5.74, 6) is 1.07. The molecular weight excluding hydrogens is 222 g/mol. The summed E-state index contributed by atoms with van der Waals surface area (Å²) in [6, 6.07) is 9.98. The van der Waals surface area contributed by atoms with Gasteiger partial charge in [0.2, 0.25) is 5.91 Å². The molecule has 0 spiro atoms. The molecule has 1 amide bonds. The van der Waals surface area contributed by atoms with Crippen LogP contribution in [0.5, 0.6) is 0 Å². The van der Waals surface area contributed by atoms with Crippen LogP contribution in [0, 0.1) is 5.92 Å². The molecule has 1 aromatic carbocycles. The van der Waals surface area contributed by atoms with Gasteiger partial charge in [-0.3, -0.25) is 4.79 Å². The van der Waals surface area contributed by atoms with Crippen molar-refractivity contribution in [1.29, 1.82) is 0 Å². The van der Waals surface area contributed by atoms with E-state index in [2.05, 4.69) is 0 Å². The van der Waals surface area contributed by atoms with Gasteiger partial charge >= 0.3 is 0 Å². The molecule has 1 aliphatic rings. The monoisotopic (exact) mass is 245 g/mol. The van der Waals surface area contributed by atoms with E-state index in [4.69, 9.17) is 0 Å². The number of rotatable bonds is 5. The highest BCUT2D eigenvalue weighted by atomic mass is 16.2. The lowest BCUT2D eigenvalue weighted by molar-refractivity contribution is -0.118. The Bertz CT molecular complexity index is 368. The Morgan fingerprint density at radius 3 is 2.50 bits per heavy atom. The van der Waals surface area contributed by atoms with Gasteiger partial charge in [0.25, 0.3) is 0 Å². The van der Waals surface area contributed by atoms with Crippen LogP contribution in [0.1, 0.15) is 45.4 Å². The Balaban J connectivity index is 1.89. The van der Waals surface area contributed by atoms with Crippen molar-refractivity contribution < 1.29 is 4.79 Å². The average molecular weight is 245 g/mol. The van der Waals surface area contributed by atoms with Crippen LogP contribution in [0.2, 0.25) is 0 Å². The van der Waals surface area contributed by atoms with Crippen LogP contribution in [-0.4, -0.2) is 12.5 Å². The summed E-state index contributed by atoms with van der Waals surface area (Å²) in [6.45, 7) is 2.80. The van der Waals surface area contributed by atoms with Crippen molar-refractivity contribution in [2.45, 2.75) is 45.4 Å². The zero-order chi connectivity index (χ0) is 12.8. The molecule has 1 saturated carbocycles. The van der Waals surface area contributed by atoms with E-state index >= 15 is 0 Å². The predicted molar refractivity (Wildman–Crippen MR) is 75.7 cm³/mol. The van der Waals surface area contributed by atoms with Gasteiger partial charge in [0.05, 0.1) is 0 Å². The number of hydrogen-bond acceptors (Lipinski definition) is 1. The van der Waals surface area contributed by atoms with Crippen LogP contribution in [0.15, 0.2) is 30.3 Å². The van der Waals surface area contributed by atoms with Gasteiger partial charge < -0.3 is 4.90 Å². The average Bonchev–Trinajstić information content (AvgIpc) is 2.92. The van der Waals surface area contributed by atoms with E-state index in [-0.39, 0.29) is 5.91 Å². The molecule has 0 saturated heterocycles. The molecule has 2 nitrogen and oxygen atoms in total. The minimum atomic E-state index is 0.274. The first-order chi connectivity index (χ1) is 8.81. The fourth-order valence-electron chi connectivity index (χ4n) is 2.87. The number of anilines is 1.